The summed E-state index contributed by atoms with van der Waals surface area (Å²) in [5.74, 6) is -1.67. The first kappa shape index (κ1) is 35.8. The topological polar surface area (TPSA) is 158 Å². The highest BCUT2D eigenvalue weighted by Gasteiger charge is 2.38. The number of cyclic esters (lactones) is 1. The number of pyridine rings is 2. The molecule has 12 nitrogen and oxygen atoms in total. The smallest absolute Gasteiger partial charge is 0.407 e. The Kier molecular flexibility index (Phi) is 9.52. The number of ether oxygens (including phenoxy) is 2. The highest BCUT2D eigenvalue weighted by atomic mass is 19.1. The van der Waals surface area contributed by atoms with Crippen LogP contribution < -0.4 is 21.5 Å². The molecule has 0 fully saturated rings. The lowest BCUT2D eigenvalue weighted by Gasteiger charge is -2.29. The lowest BCUT2D eigenvalue weighted by molar-refractivity contribution is -0.148. The number of hydrogen-bond donors (Lipinski definition) is 3. The van der Waals surface area contributed by atoms with Gasteiger partial charge in [-0.2, -0.15) is 0 Å². The summed E-state index contributed by atoms with van der Waals surface area (Å²) in [4.78, 5) is 69.3. The van der Waals surface area contributed by atoms with E-state index in [4.69, 9.17) is 14.5 Å². The molecule has 276 valence electrons. The Morgan fingerprint density at radius 2 is 1.83 bits per heavy atom. The van der Waals surface area contributed by atoms with Crippen molar-refractivity contribution >= 4 is 40.5 Å². The molecule has 2 aliphatic heterocycles. The number of fused-ring (bicyclic) bond motifs is 5. The van der Waals surface area contributed by atoms with Crippen molar-refractivity contribution < 1.29 is 33.0 Å². The first-order chi connectivity index (χ1) is 25.3. The van der Waals surface area contributed by atoms with Gasteiger partial charge < -0.3 is 30.0 Å². The molecule has 0 saturated carbocycles. The summed E-state index contributed by atoms with van der Waals surface area (Å²) in [6.07, 6.45) is 1.14. The van der Waals surface area contributed by atoms with Gasteiger partial charge in [-0.25, -0.2) is 14.2 Å². The third-order valence-electron chi connectivity index (χ3n) is 10.4. The van der Waals surface area contributed by atoms with Gasteiger partial charge in [0, 0.05) is 29.1 Å². The Labute approximate surface area is 305 Å². The highest BCUT2D eigenvalue weighted by Crippen LogP contribution is 2.45. The van der Waals surface area contributed by atoms with Crippen molar-refractivity contribution in [1.82, 2.24) is 20.2 Å². The average molecular weight is 724 g/mol. The van der Waals surface area contributed by atoms with Crippen LogP contribution in [0.1, 0.15) is 97.9 Å². The molecule has 2 aromatic carbocycles. The normalized spacial score (nSPS) is 17.4. The van der Waals surface area contributed by atoms with E-state index in [-0.39, 0.29) is 54.8 Å². The maximum absolute atomic E-state index is 15.2. The first-order valence-electron chi connectivity index (χ1n) is 18.0. The van der Waals surface area contributed by atoms with Crippen molar-refractivity contribution in [1.29, 1.82) is 0 Å². The van der Waals surface area contributed by atoms with E-state index in [0.29, 0.717) is 70.5 Å². The summed E-state index contributed by atoms with van der Waals surface area (Å²) >= 11 is 0. The van der Waals surface area contributed by atoms with E-state index in [1.54, 1.807) is 42.7 Å². The number of rotatable bonds is 9. The molecule has 13 heteroatoms. The number of halogens is 1. The number of aromatic nitrogens is 2. The molecule has 3 N–H and O–H groups in total. The summed E-state index contributed by atoms with van der Waals surface area (Å²) in [7, 11) is 0. The predicted octanol–water partition coefficient (Wildman–Crippen LogP) is 5.83. The summed E-state index contributed by atoms with van der Waals surface area (Å²) in [5.41, 5.74) is 6.44. The third kappa shape index (κ3) is 6.64. The molecule has 0 bridgehead atoms. The molecular weight excluding hydrogens is 681 g/mol. The molecule has 3 amide bonds. The van der Waals surface area contributed by atoms with Crippen molar-refractivity contribution in [3.8, 4) is 11.4 Å². The van der Waals surface area contributed by atoms with Gasteiger partial charge in [0.25, 0.3) is 5.56 Å². The molecular formula is C40H42FN5O7. The van der Waals surface area contributed by atoms with Crippen molar-refractivity contribution in [2.75, 3.05) is 5.32 Å². The SMILES string of the molecule is CC[C@H]1C(=O)OCc2c1cc1n(c2=O)Cc2c-1nc1cc(F)c(C)c3c1c2C(NC(=O)OCc1ccc(NC(=O)C(C)NC(=O)CC(C)C)cc1)CC3. The zero-order valence-corrected chi connectivity index (χ0v) is 30.4. The molecule has 0 saturated heterocycles. The average Bonchev–Trinajstić information content (AvgIpc) is 3.48. The van der Waals surface area contributed by atoms with Crippen LogP contribution >= 0.6 is 0 Å². The largest absolute Gasteiger partial charge is 0.460 e. The van der Waals surface area contributed by atoms with Crippen LogP contribution in [0.25, 0.3) is 22.3 Å². The summed E-state index contributed by atoms with van der Waals surface area (Å²) < 4.78 is 27.8. The molecule has 0 spiro atoms. The second-order valence-corrected chi connectivity index (χ2v) is 14.5. The van der Waals surface area contributed by atoms with Crippen molar-refractivity contribution in [2.24, 2.45) is 5.92 Å². The van der Waals surface area contributed by atoms with E-state index in [0.717, 1.165) is 22.1 Å². The summed E-state index contributed by atoms with van der Waals surface area (Å²) in [5, 5.41) is 9.27. The second kappa shape index (κ2) is 14.1. The van der Waals surface area contributed by atoms with Crippen LogP contribution in [0.15, 0.2) is 41.2 Å². The molecule has 4 aromatic rings. The summed E-state index contributed by atoms with van der Waals surface area (Å²) in [6, 6.07) is 8.87. The van der Waals surface area contributed by atoms with E-state index < -0.39 is 24.1 Å². The Morgan fingerprint density at radius 1 is 1.08 bits per heavy atom. The molecule has 4 heterocycles. The van der Waals surface area contributed by atoms with Gasteiger partial charge in [-0.1, -0.05) is 32.9 Å². The maximum atomic E-state index is 15.2. The number of carbonyl (C=O) groups excluding carboxylic acids is 4. The molecule has 3 atom stereocenters. The molecule has 1 aliphatic carbocycles. The van der Waals surface area contributed by atoms with E-state index in [1.807, 2.05) is 26.8 Å². The van der Waals surface area contributed by atoms with E-state index in [1.165, 1.54) is 6.07 Å². The molecule has 0 radical (unpaired) electrons. The minimum Gasteiger partial charge on any atom is -0.460 e. The van der Waals surface area contributed by atoms with Crippen molar-refractivity contribution in [3.63, 3.8) is 0 Å². The molecule has 7 rings (SSSR count). The number of anilines is 1. The number of alkyl carbamates (subject to hydrolysis) is 1. The Morgan fingerprint density at radius 3 is 2.55 bits per heavy atom. The molecule has 2 unspecified atom stereocenters. The molecule has 3 aliphatic rings. The van der Waals surface area contributed by atoms with Gasteiger partial charge in [0.1, 0.15) is 25.1 Å². The third-order valence-corrected chi connectivity index (χ3v) is 10.4. The zero-order chi connectivity index (χ0) is 37.7. The van der Waals surface area contributed by atoms with Gasteiger partial charge in [-0.15, -0.1) is 0 Å². The summed E-state index contributed by atoms with van der Waals surface area (Å²) in [6.45, 7) is 9.16. The predicted molar refractivity (Wildman–Crippen MR) is 195 cm³/mol. The molecule has 53 heavy (non-hydrogen) atoms. The maximum Gasteiger partial charge on any atom is 0.407 e. The Hall–Kier alpha value is -5.59. The van der Waals surface area contributed by atoms with Crippen molar-refractivity contribution in [2.45, 2.75) is 98.1 Å². The second-order valence-electron chi connectivity index (χ2n) is 14.5. The number of benzene rings is 2. The standard InChI is InChI=1S/C40H42FN5O7/c1-6-24-26-14-32-36-27(16-46(32)38(49)28(26)18-52-39(24)50)35-30(12-11-25-20(4)29(41)15-31(44-36)34(25)35)45-40(51)53-17-22-7-9-23(10-8-22)43-37(48)21(5)42-33(47)13-19(2)3/h7-10,14-15,19,21,24,30H,6,11-13,16-18H2,1-5H3,(H,42,47)(H,43,48)(H,45,51)/t21?,24-,30?/m1/s1. The fourth-order valence-corrected chi connectivity index (χ4v) is 7.73. The fourth-order valence-electron chi connectivity index (χ4n) is 7.73. The lowest BCUT2D eigenvalue weighted by Crippen LogP contribution is -2.41. The number of nitrogens with zero attached hydrogens (tertiary/aromatic N) is 2. The zero-order valence-electron chi connectivity index (χ0n) is 30.4. The quantitative estimate of drug-likeness (QED) is 0.161. The number of hydrogen-bond acceptors (Lipinski definition) is 8. The molecule has 2 aromatic heterocycles. The van der Waals surface area contributed by atoms with Gasteiger partial charge in [0.2, 0.25) is 11.8 Å². The van der Waals surface area contributed by atoms with Crippen LogP contribution in [0.5, 0.6) is 0 Å². The van der Waals surface area contributed by atoms with E-state index in [2.05, 4.69) is 16.0 Å². The minimum atomic E-state index is -0.709. The van der Waals surface area contributed by atoms with E-state index >= 15 is 4.39 Å². The highest BCUT2D eigenvalue weighted by molar-refractivity contribution is 5.97. The van der Waals surface area contributed by atoms with Crippen LogP contribution in [0.2, 0.25) is 0 Å². The Balaban J connectivity index is 1.10. The number of amides is 3. The van der Waals surface area contributed by atoms with Gasteiger partial charge in [-0.05, 0) is 85.0 Å². The van der Waals surface area contributed by atoms with Gasteiger partial charge in [-0.3, -0.25) is 19.2 Å². The van der Waals surface area contributed by atoms with E-state index in [9.17, 15) is 24.0 Å². The van der Waals surface area contributed by atoms with Crippen LogP contribution in [0, 0.1) is 18.7 Å². The van der Waals surface area contributed by atoms with Crippen LogP contribution in [-0.4, -0.2) is 39.5 Å². The van der Waals surface area contributed by atoms with Crippen molar-refractivity contribution in [3.05, 3.63) is 91.5 Å². The monoisotopic (exact) mass is 723 g/mol. The number of nitrogens with one attached hydrogen (secondary N) is 3. The van der Waals surface area contributed by atoms with Gasteiger partial charge in [0.15, 0.2) is 0 Å². The number of esters is 1. The van der Waals surface area contributed by atoms with Gasteiger partial charge in [0.05, 0.1) is 41.0 Å². The number of aryl methyl sites for hydroxylation is 1. The van der Waals surface area contributed by atoms with Crippen LogP contribution in [-0.2, 0) is 50.0 Å². The van der Waals surface area contributed by atoms with Crippen LogP contribution in [0.4, 0.5) is 14.9 Å². The number of carbonyl (C=O) groups is 4. The fraction of sp³-hybridized carbons (Fsp3) is 0.400. The first-order valence-corrected chi connectivity index (χ1v) is 18.0. The van der Waals surface area contributed by atoms with Gasteiger partial charge >= 0.3 is 12.1 Å². The Bertz CT molecular complexity index is 2250. The minimum absolute atomic E-state index is 0.0367. The lowest BCUT2D eigenvalue weighted by atomic mass is 9.81. The van der Waals surface area contributed by atoms with Crippen LogP contribution in [0.3, 0.4) is 0 Å².